The maximum atomic E-state index is 13.1. The van der Waals surface area contributed by atoms with Crippen LogP contribution in [-0.2, 0) is 11.3 Å². The highest BCUT2D eigenvalue weighted by Gasteiger charge is 2.29. The number of carbonyl (C=O) groups is 2. The molecule has 1 fully saturated rings. The van der Waals surface area contributed by atoms with E-state index in [4.69, 9.17) is 9.84 Å². The van der Waals surface area contributed by atoms with Gasteiger partial charge in [-0.3, -0.25) is 0 Å². The van der Waals surface area contributed by atoms with Gasteiger partial charge in [-0.25, -0.2) is 14.0 Å². The van der Waals surface area contributed by atoms with E-state index in [0.29, 0.717) is 19.7 Å². The lowest BCUT2D eigenvalue weighted by atomic mass is 9.95. The molecular weight excluding hydrogens is 351 g/mol. The van der Waals surface area contributed by atoms with Gasteiger partial charge in [0, 0.05) is 25.6 Å². The fourth-order valence-electron chi connectivity index (χ4n) is 3.10. The molecule has 0 aromatic heterocycles. The number of benzene rings is 2. The van der Waals surface area contributed by atoms with Crippen LogP contribution < -0.4 is 10.6 Å². The summed E-state index contributed by atoms with van der Waals surface area (Å²) in [6.45, 7) is 1.35. The maximum absolute atomic E-state index is 13.1. The van der Waals surface area contributed by atoms with Crippen LogP contribution in [-0.4, -0.2) is 30.3 Å². The molecule has 2 aromatic rings. The molecule has 7 heteroatoms. The van der Waals surface area contributed by atoms with Crippen LogP contribution in [0.25, 0.3) is 0 Å². The average molecular weight is 372 g/mol. The molecule has 3 N–H and O–H groups in total. The number of nitrogens with one attached hydrogen (secondary N) is 2. The van der Waals surface area contributed by atoms with Crippen LogP contribution in [0.15, 0.2) is 48.5 Å². The van der Waals surface area contributed by atoms with E-state index in [1.54, 1.807) is 24.3 Å². The molecule has 3 rings (SSSR count). The van der Waals surface area contributed by atoms with E-state index >= 15 is 0 Å². The predicted octanol–water partition coefficient (Wildman–Crippen LogP) is 3.10. The van der Waals surface area contributed by atoms with Gasteiger partial charge in [0.15, 0.2) is 0 Å². The molecule has 2 atom stereocenters. The van der Waals surface area contributed by atoms with Crippen molar-refractivity contribution in [3.63, 3.8) is 0 Å². The highest BCUT2D eigenvalue weighted by Crippen LogP contribution is 2.34. The van der Waals surface area contributed by atoms with E-state index in [0.717, 1.165) is 17.5 Å². The van der Waals surface area contributed by atoms with Crippen molar-refractivity contribution in [2.75, 3.05) is 13.2 Å². The Morgan fingerprint density at radius 2 is 1.78 bits per heavy atom. The van der Waals surface area contributed by atoms with Crippen LogP contribution in [0, 0.1) is 11.7 Å². The van der Waals surface area contributed by atoms with Gasteiger partial charge in [-0.15, -0.1) is 0 Å². The Morgan fingerprint density at radius 3 is 2.44 bits per heavy atom. The van der Waals surface area contributed by atoms with Crippen molar-refractivity contribution in [1.29, 1.82) is 0 Å². The zero-order chi connectivity index (χ0) is 19.2. The molecule has 0 spiro atoms. The second kappa shape index (κ2) is 8.64. The monoisotopic (exact) mass is 372 g/mol. The van der Waals surface area contributed by atoms with Crippen LogP contribution in [0.5, 0.6) is 0 Å². The molecule has 1 saturated heterocycles. The molecule has 27 heavy (non-hydrogen) atoms. The lowest BCUT2D eigenvalue weighted by Gasteiger charge is -2.19. The first-order chi connectivity index (χ1) is 13.0. The fraction of sp³-hybridized carbons (Fsp3) is 0.300. The van der Waals surface area contributed by atoms with Crippen LogP contribution in [0.4, 0.5) is 9.18 Å². The molecule has 0 saturated carbocycles. The summed E-state index contributed by atoms with van der Waals surface area (Å²) in [5.74, 6) is -1.15. The molecule has 142 valence electrons. The standard InChI is InChI=1S/C20H21FN2O4/c21-17-7-5-14(6-8-17)18-16(9-10-27-18)12-23-20(26)22-11-13-1-3-15(4-2-13)19(24)25/h1-8,16,18H,9-12H2,(H,24,25)(H2,22,23,26)/t16-,18-/m0/s1. The van der Waals surface area contributed by atoms with E-state index in [9.17, 15) is 14.0 Å². The summed E-state index contributed by atoms with van der Waals surface area (Å²) in [4.78, 5) is 22.9. The summed E-state index contributed by atoms with van der Waals surface area (Å²) in [6, 6.07) is 12.3. The summed E-state index contributed by atoms with van der Waals surface area (Å²) in [6.07, 6.45) is 0.661. The van der Waals surface area contributed by atoms with Gasteiger partial charge in [0.1, 0.15) is 5.82 Å². The summed E-state index contributed by atoms with van der Waals surface area (Å²) in [7, 11) is 0. The summed E-state index contributed by atoms with van der Waals surface area (Å²) in [5, 5.41) is 14.5. The number of carboxylic acid groups (broad SMARTS) is 1. The summed E-state index contributed by atoms with van der Waals surface area (Å²) in [5.41, 5.74) is 1.92. The zero-order valence-corrected chi connectivity index (χ0v) is 14.7. The van der Waals surface area contributed by atoms with Crippen LogP contribution in [0.2, 0.25) is 0 Å². The van der Waals surface area contributed by atoms with Gasteiger partial charge < -0.3 is 20.5 Å². The average Bonchev–Trinajstić information content (AvgIpc) is 3.14. The minimum Gasteiger partial charge on any atom is -0.478 e. The molecule has 0 aliphatic carbocycles. The van der Waals surface area contributed by atoms with Crippen LogP contribution in [0.3, 0.4) is 0 Å². The van der Waals surface area contributed by atoms with Crippen molar-refractivity contribution in [2.45, 2.75) is 19.1 Å². The van der Waals surface area contributed by atoms with Gasteiger partial charge in [-0.1, -0.05) is 24.3 Å². The SMILES string of the molecule is O=C(NCc1ccc(C(=O)O)cc1)NC[C@@H]1CCO[C@H]1c1ccc(F)cc1. The summed E-state index contributed by atoms with van der Waals surface area (Å²) >= 11 is 0. The molecule has 1 aliphatic rings. The molecular formula is C20H21FN2O4. The van der Waals surface area contributed by atoms with E-state index < -0.39 is 5.97 Å². The number of hydrogen-bond acceptors (Lipinski definition) is 3. The molecule has 0 radical (unpaired) electrons. The Hall–Kier alpha value is -2.93. The highest BCUT2D eigenvalue weighted by molar-refractivity contribution is 5.87. The number of halogens is 1. The first-order valence-corrected chi connectivity index (χ1v) is 8.74. The van der Waals surface area contributed by atoms with Crippen LogP contribution in [0.1, 0.15) is 34.0 Å². The third kappa shape index (κ3) is 5.04. The summed E-state index contributed by atoms with van der Waals surface area (Å²) < 4.78 is 18.8. The van der Waals surface area contributed by atoms with Gasteiger partial charge in [0.05, 0.1) is 11.7 Å². The van der Waals surface area contributed by atoms with E-state index in [2.05, 4.69) is 10.6 Å². The fourth-order valence-corrected chi connectivity index (χ4v) is 3.10. The third-order valence-corrected chi connectivity index (χ3v) is 4.59. The lowest BCUT2D eigenvalue weighted by Crippen LogP contribution is -2.38. The van der Waals surface area contributed by atoms with E-state index in [-0.39, 0.29) is 29.4 Å². The molecule has 2 amide bonds. The van der Waals surface area contributed by atoms with Crippen molar-refractivity contribution in [2.24, 2.45) is 5.92 Å². The van der Waals surface area contributed by atoms with Gasteiger partial charge in [0.25, 0.3) is 0 Å². The van der Waals surface area contributed by atoms with Crippen molar-refractivity contribution < 1.29 is 23.8 Å². The van der Waals surface area contributed by atoms with Gasteiger partial charge in [-0.05, 0) is 41.8 Å². The van der Waals surface area contributed by atoms with Gasteiger partial charge in [0.2, 0.25) is 0 Å². The molecule has 0 bridgehead atoms. The second-order valence-corrected chi connectivity index (χ2v) is 6.46. The van der Waals surface area contributed by atoms with Gasteiger partial charge in [-0.2, -0.15) is 0 Å². The zero-order valence-electron chi connectivity index (χ0n) is 14.7. The van der Waals surface area contributed by atoms with Crippen molar-refractivity contribution in [3.05, 3.63) is 71.0 Å². The number of hydrogen-bond donors (Lipinski definition) is 3. The van der Waals surface area contributed by atoms with E-state index in [1.165, 1.54) is 24.3 Å². The first kappa shape index (κ1) is 18.8. The number of urea groups is 1. The Balaban J connectivity index is 1.46. The number of rotatable bonds is 6. The van der Waals surface area contributed by atoms with E-state index in [1.807, 2.05) is 0 Å². The predicted molar refractivity (Wildman–Crippen MR) is 96.8 cm³/mol. The number of aromatic carboxylic acids is 1. The maximum Gasteiger partial charge on any atom is 0.335 e. The number of ether oxygens (including phenoxy) is 1. The number of carboxylic acids is 1. The quantitative estimate of drug-likeness (QED) is 0.727. The molecule has 1 heterocycles. The highest BCUT2D eigenvalue weighted by atomic mass is 19.1. The van der Waals surface area contributed by atoms with Crippen LogP contribution >= 0.6 is 0 Å². The Kier molecular flexibility index (Phi) is 6.03. The molecule has 2 aromatic carbocycles. The molecule has 1 aliphatic heterocycles. The Labute approximate surface area is 156 Å². The molecule has 0 unspecified atom stereocenters. The smallest absolute Gasteiger partial charge is 0.335 e. The largest absolute Gasteiger partial charge is 0.478 e. The van der Waals surface area contributed by atoms with Crippen molar-refractivity contribution >= 4 is 12.0 Å². The minimum atomic E-state index is -0.984. The lowest BCUT2D eigenvalue weighted by molar-refractivity contribution is 0.0696. The topological polar surface area (TPSA) is 87.7 Å². The second-order valence-electron chi connectivity index (χ2n) is 6.46. The Morgan fingerprint density at radius 1 is 1.07 bits per heavy atom. The molecule has 6 nitrogen and oxygen atoms in total. The normalized spacial score (nSPS) is 18.9. The third-order valence-electron chi connectivity index (χ3n) is 4.59. The van der Waals surface area contributed by atoms with Gasteiger partial charge >= 0.3 is 12.0 Å². The Bertz CT molecular complexity index is 793. The minimum absolute atomic E-state index is 0.121. The van der Waals surface area contributed by atoms with Crippen molar-refractivity contribution in [1.82, 2.24) is 10.6 Å². The number of carbonyl (C=O) groups excluding carboxylic acids is 1. The van der Waals surface area contributed by atoms with Crippen molar-refractivity contribution in [3.8, 4) is 0 Å². The number of amides is 2. The first-order valence-electron chi connectivity index (χ1n) is 8.74.